The van der Waals surface area contributed by atoms with Gasteiger partial charge in [0.05, 0.1) is 12.6 Å². The van der Waals surface area contributed by atoms with Gasteiger partial charge >= 0.3 is 6.03 Å². The van der Waals surface area contributed by atoms with Crippen molar-refractivity contribution in [2.45, 2.75) is 31.8 Å². The molecule has 0 heterocycles. The smallest absolute Gasteiger partial charge is 0.315 e. The molecular weight excluding hydrogens is 238 g/mol. The molecule has 0 bridgehead atoms. The first-order valence-electron chi connectivity index (χ1n) is 6.55. The van der Waals surface area contributed by atoms with Crippen LogP contribution in [0.5, 0.6) is 0 Å². The molecule has 1 aliphatic carbocycles. The number of benzene rings is 1. The minimum atomic E-state index is -0.0954. The van der Waals surface area contributed by atoms with Gasteiger partial charge in [0.2, 0.25) is 0 Å². The Labute approximate surface area is 113 Å². The zero-order valence-electron chi connectivity index (χ0n) is 11.1. The molecule has 4 heteroatoms. The molecule has 1 atom stereocenters. The number of carbonyl (C=O) groups excluding carboxylic acids is 1. The highest BCUT2D eigenvalue weighted by molar-refractivity contribution is 5.75. The van der Waals surface area contributed by atoms with Crippen molar-refractivity contribution >= 4 is 6.03 Å². The van der Waals surface area contributed by atoms with Gasteiger partial charge in [-0.3, -0.25) is 0 Å². The topological polar surface area (TPSA) is 67.2 Å². The van der Waals surface area contributed by atoms with E-state index in [2.05, 4.69) is 22.5 Å². The number of carbonyl (C=O) groups is 1. The van der Waals surface area contributed by atoms with E-state index in [0.717, 1.165) is 24.0 Å². The normalized spacial score (nSPS) is 15.1. The first kappa shape index (κ1) is 13.4. The van der Waals surface area contributed by atoms with E-state index in [9.17, 15) is 4.79 Å². The molecule has 19 heavy (non-hydrogen) atoms. The first-order chi connectivity index (χ1) is 9.19. The molecule has 0 spiro atoms. The van der Waals surface area contributed by atoms with Crippen LogP contribution in [0.25, 0.3) is 0 Å². The van der Waals surface area contributed by atoms with E-state index >= 15 is 0 Å². The molecule has 1 aromatic rings. The average Bonchev–Trinajstić information content (AvgIpc) is 3.20. The van der Waals surface area contributed by atoms with E-state index in [1.165, 1.54) is 0 Å². The molecule has 1 aromatic carbocycles. The zero-order chi connectivity index (χ0) is 13.7. The number of hydrogen-bond acceptors (Lipinski definition) is 2. The fourth-order valence-electron chi connectivity index (χ4n) is 1.74. The quantitative estimate of drug-likeness (QED) is 0.719. The fourth-order valence-corrected chi connectivity index (χ4v) is 1.74. The average molecular weight is 257 g/mol. The summed E-state index contributed by atoms with van der Waals surface area (Å²) in [5.74, 6) is 5.78. The first-order valence-corrected chi connectivity index (χ1v) is 6.55. The number of amides is 2. The van der Waals surface area contributed by atoms with Crippen molar-refractivity contribution in [1.29, 1.82) is 0 Å². The van der Waals surface area contributed by atoms with Crippen molar-refractivity contribution < 1.29 is 4.79 Å². The number of nitrogens with two attached hydrogens (primary N) is 1. The van der Waals surface area contributed by atoms with E-state index in [1.54, 1.807) is 0 Å². The number of hydrogen-bond donors (Lipinski definition) is 3. The highest BCUT2D eigenvalue weighted by atomic mass is 16.2. The Balaban J connectivity index is 1.90. The SMILES string of the molecule is CC(NC(=O)NC1CC1)c1ccc(C#CCN)cc1. The third-order valence-corrected chi connectivity index (χ3v) is 3.01. The Morgan fingerprint density at radius 2 is 2.11 bits per heavy atom. The van der Waals surface area contributed by atoms with Crippen molar-refractivity contribution in [2.75, 3.05) is 6.54 Å². The van der Waals surface area contributed by atoms with Crippen LogP contribution < -0.4 is 16.4 Å². The maximum Gasteiger partial charge on any atom is 0.315 e. The Hall–Kier alpha value is -1.99. The summed E-state index contributed by atoms with van der Waals surface area (Å²) in [5, 5.41) is 5.83. The van der Waals surface area contributed by atoms with E-state index in [0.29, 0.717) is 12.6 Å². The van der Waals surface area contributed by atoms with Crippen LogP contribution in [-0.4, -0.2) is 18.6 Å². The number of rotatable bonds is 3. The van der Waals surface area contributed by atoms with Crippen molar-refractivity contribution in [3.63, 3.8) is 0 Å². The van der Waals surface area contributed by atoms with Crippen molar-refractivity contribution in [1.82, 2.24) is 10.6 Å². The molecule has 1 aliphatic rings. The molecule has 1 saturated carbocycles. The second kappa shape index (κ2) is 6.26. The van der Waals surface area contributed by atoms with Crippen molar-refractivity contribution in [3.05, 3.63) is 35.4 Å². The third-order valence-electron chi connectivity index (χ3n) is 3.01. The summed E-state index contributed by atoms with van der Waals surface area (Å²) in [5.41, 5.74) is 7.32. The van der Waals surface area contributed by atoms with Gasteiger partial charge in [0.1, 0.15) is 0 Å². The van der Waals surface area contributed by atoms with Gasteiger partial charge < -0.3 is 16.4 Å². The van der Waals surface area contributed by atoms with Crippen LogP contribution >= 0.6 is 0 Å². The van der Waals surface area contributed by atoms with Gasteiger partial charge in [0.15, 0.2) is 0 Å². The zero-order valence-corrected chi connectivity index (χ0v) is 11.1. The van der Waals surface area contributed by atoms with E-state index < -0.39 is 0 Å². The fraction of sp³-hybridized carbons (Fsp3) is 0.400. The summed E-state index contributed by atoms with van der Waals surface area (Å²) in [7, 11) is 0. The maximum atomic E-state index is 11.6. The molecule has 100 valence electrons. The molecular formula is C15H19N3O. The summed E-state index contributed by atoms with van der Waals surface area (Å²) in [6.07, 6.45) is 2.19. The number of urea groups is 1. The van der Waals surface area contributed by atoms with Gasteiger partial charge in [-0.15, -0.1) is 0 Å². The summed E-state index contributed by atoms with van der Waals surface area (Å²) in [4.78, 5) is 11.6. The van der Waals surface area contributed by atoms with Crippen LogP contribution in [-0.2, 0) is 0 Å². The van der Waals surface area contributed by atoms with E-state index in [-0.39, 0.29) is 12.1 Å². The summed E-state index contributed by atoms with van der Waals surface area (Å²) in [6.45, 7) is 2.33. The van der Waals surface area contributed by atoms with Crippen LogP contribution in [0.2, 0.25) is 0 Å². The Morgan fingerprint density at radius 3 is 2.68 bits per heavy atom. The summed E-state index contributed by atoms with van der Waals surface area (Å²) < 4.78 is 0. The van der Waals surface area contributed by atoms with Crippen LogP contribution in [0.3, 0.4) is 0 Å². The van der Waals surface area contributed by atoms with Gasteiger partial charge in [-0.05, 0) is 37.5 Å². The van der Waals surface area contributed by atoms with Crippen LogP contribution in [0.1, 0.15) is 36.9 Å². The van der Waals surface area contributed by atoms with E-state index in [1.807, 2.05) is 31.2 Å². The van der Waals surface area contributed by atoms with Gasteiger partial charge in [-0.25, -0.2) is 4.79 Å². The Kier molecular flexibility index (Phi) is 4.43. The van der Waals surface area contributed by atoms with Gasteiger partial charge in [0.25, 0.3) is 0 Å². The second-order valence-electron chi connectivity index (χ2n) is 4.74. The molecule has 0 aromatic heterocycles. The molecule has 1 fully saturated rings. The van der Waals surface area contributed by atoms with Crippen LogP contribution in [0.15, 0.2) is 24.3 Å². The molecule has 0 radical (unpaired) electrons. The van der Waals surface area contributed by atoms with Gasteiger partial charge in [-0.2, -0.15) is 0 Å². The van der Waals surface area contributed by atoms with Crippen molar-refractivity contribution in [3.8, 4) is 11.8 Å². The monoisotopic (exact) mass is 257 g/mol. The number of nitrogens with one attached hydrogen (secondary N) is 2. The third kappa shape index (κ3) is 4.31. The summed E-state index contributed by atoms with van der Waals surface area (Å²) >= 11 is 0. The molecule has 2 amide bonds. The largest absolute Gasteiger partial charge is 0.335 e. The highest BCUT2D eigenvalue weighted by Gasteiger charge is 2.23. The molecule has 0 aliphatic heterocycles. The van der Waals surface area contributed by atoms with Crippen LogP contribution in [0.4, 0.5) is 4.79 Å². The minimum absolute atomic E-state index is 0.0183. The summed E-state index contributed by atoms with van der Waals surface area (Å²) in [6, 6.07) is 8.09. The predicted octanol–water partition coefficient (Wildman–Crippen LogP) is 1.52. The van der Waals surface area contributed by atoms with E-state index in [4.69, 9.17) is 5.73 Å². The standard InChI is InChI=1S/C15H19N3O/c1-11(17-15(19)18-14-8-9-14)13-6-4-12(5-7-13)3-2-10-16/h4-7,11,14H,8-10,16H2,1H3,(H2,17,18,19). The van der Waals surface area contributed by atoms with Crippen molar-refractivity contribution in [2.24, 2.45) is 5.73 Å². The molecule has 4 N–H and O–H groups in total. The molecule has 2 rings (SSSR count). The van der Waals surface area contributed by atoms with Gasteiger partial charge in [-0.1, -0.05) is 24.0 Å². The van der Waals surface area contributed by atoms with Gasteiger partial charge in [0, 0.05) is 11.6 Å². The Morgan fingerprint density at radius 1 is 1.42 bits per heavy atom. The second-order valence-corrected chi connectivity index (χ2v) is 4.74. The lowest BCUT2D eigenvalue weighted by atomic mass is 10.1. The predicted molar refractivity (Wildman–Crippen MR) is 75.5 cm³/mol. The maximum absolute atomic E-state index is 11.6. The molecule has 4 nitrogen and oxygen atoms in total. The molecule has 1 unspecified atom stereocenters. The molecule has 0 saturated heterocycles. The van der Waals surface area contributed by atoms with Crippen LogP contribution in [0, 0.1) is 11.8 Å². The highest BCUT2D eigenvalue weighted by Crippen LogP contribution is 2.19. The lowest BCUT2D eigenvalue weighted by molar-refractivity contribution is 0.237. The minimum Gasteiger partial charge on any atom is -0.335 e. The Bertz CT molecular complexity index is 494. The lowest BCUT2D eigenvalue weighted by Crippen LogP contribution is -2.38. The lowest BCUT2D eigenvalue weighted by Gasteiger charge is -2.15.